The van der Waals surface area contributed by atoms with Crippen LogP contribution in [0.1, 0.15) is 34.6 Å². The van der Waals surface area contributed by atoms with Crippen LogP contribution in [0.4, 0.5) is 0 Å². The Morgan fingerprint density at radius 3 is 1.92 bits per heavy atom. The van der Waals surface area contributed by atoms with Crippen molar-refractivity contribution in [3.05, 3.63) is 11.4 Å². The summed E-state index contributed by atoms with van der Waals surface area (Å²) in [5.41, 5.74) is 7.01. The summed E-state index contributed by atoms with van der Waals surface area (Å²) >= 11 is 0. The van der Waals surface area contributed by atoms with Gasteiger partial charge < -0.3 is 16.5 Å². The third-order valence-electron chi connectivity index (χ3n) is 1.48. The lowest BCUT2D eigenvalue weighted by Gasteiger charge is -2.23. The van der Waals surface area contributed by atoms with Crippen molar-refractivity contribution in [1.29, 1.82) is 5.41 Å². The molecule has 0 aliphatic heterocycles. The molecule has 3 nitrogen and oxygen atoms in total. The van der Waals surface area contributed by atoms with E-state index in [9.17, 15) is 0 Å². The highest BCUT2D eigenvalue weighted by atomic mass is 15.0. The molecule has 0 rings (SSSR count). The van der Waals surface area contributed by atoms with Gasteiger partial charge in [-0.3, -0.25) is 0 Å². The van der Waals surface area contributed by atoms with Crippen molar-refractivity contribution in [2.24, 2.45) is 5.73 Å². The summed E-state index contributed by atoms with van der Waals surface area (Å²) in [6, 6.07) is 0. The fraction of sp³-hybridized carbons (Fsp3) is 0.667. The summed E-state index contributed by atoms with van der Waals surface area (Å²) in [7, 11) is 0. The molecule has 0 radical (unpaired) electrons. The fourth-order valence-corrected chi connectivity index (χ4v) is 0.700. The molecule has 0 aromatic carbocycles. The highest BCUT2D eigenvalue weighted by Gasteiger charge is 2.10. The van der Waals surface area contributed by atoms with Crippen LogP contribution in [0.3, 0.4) is 0 Å². The first-order chi connectivity index (χ1) is 5.24. The van der Waals surface area contributed by atoms with Crippen LogP contribution in [0.5, 0.6) is 0 Å². The Morgan fingerprint density at radius 1 is 1.25 bits per heavy atom. The van der Waals surface area contributed by atoms with E-state index in [-0.39, 0.29) is 5.54 Å². The third-order valence-corrected chi connectivity index (χ3v) is 1.48. The Labute approximate surface area is 74.5 Å². The topological polar surface area (TPSA) is 61.9 Å². The van der Waals surface area contributed by atoms with Crippen LogP contribution < -0.4 is 11.1 Å². The van der Waals surface area contributed by atoms with Crippen LogP contribution in [-0.4, -0.2) is 11.3 Å². The highest BCUT2D eigenvalue weighted by molar-refractivity contribution is 5.95. The number of hydrogen-bond acceptors (Lipinski definition) is 3. The van der Waals surface area contributed by atoms with E-state index in [4.69, 9.17) is 11.1 Å². The van der Waals surface area contributed by atoms with Crippen LogP contribution in [0.15, 0.2) is 11.4 Å². The Hall–Kier alpha value is -0.990. The summed E-state index contributed by atoms with van der Waals surface area (Å²) in [5.74, 6) is 0.593. The van der Waals surface area contributed by atoms with Crippen LogP contribution in [0.25, 0.3) is 0 Å². The van der Waals surface area contributed by atoms with Crippen LogP contribution in [0, 0.1) is 5.41 Å². The van der Waals surface area contributed by atoms with Gasteiger partial charge in [-0.05, 0) is 34.6 Å². The molecule has 0 bridgehead atoms. The monoisotopic (exact) mass is 169 g/mol. The van der Waals surface area contributed by atoms with Crippen molar-refractivity contribution in [3.8, 4) is 0 Å². The Morgan fingerprint density at radius 2 is 1.67 bits per heavy atom. The van der Waals surface area contributed by atoms with Gasteiger partial charge in [0, 0.05) is 16.8 Å². The third kappa shape index (κ3) is 4.01. The predicted molar refractivity (Wildman–Crippen MR) is 53.2 cm³/mol. The first-order valence-corrected chi connectivity index (χ1v) is 4.04. The smallest absolute Gasteiger partial charge is 0.101 e. The molecule has 0 aromatic rings. The lowest BCUT2D eigenvalue weighted by molar-refractivity contribution is 0.469. The Balaban J connectivity index is 4.49. The molecule has 0 amide bonds. The second-order valence-corrected chi connectivity index (χ2v) is 4.04. The molecule has 0 saturated heterocycles. The van der Waals surface area contributed by atoms with E-state index in [1.165, 1.54) is 0 Å². The van der Waals surface area contributed by atoms with Gasteiger partial charge in [-0.15, -0.1) is 0 Å². The maximum atomic E-state index is 7.36. The van der Waals surface area contributed by atoms with E-state index in [0.29, 0.717) is 11.5 Å². The first-order valence-electron chi connectivity index (χ1n) is 4.04. The van der Waals surface area contributed by atoms with Gasteiger partial charge in [-0.2, -0.15) is 0 Å². The van der Waals surface area contributed by atoms with E-state index < -0.39 is 0 Å². The van der Waals surface area contributed by atoms with Crippen molar-refractivity contribution in [3.63, 3.8) is 0 Å². The first kappa shape index (κ1) is 11.0. The number of hydrogen-bond donors (Lipinski definition) is 3. The highest BCUT2D eigenvalue weighted by Crippen LogP contribution is 2.04. The second kappa shape index (κ2) is 3.61. The van der Waals surface area contributed by atoms with Crippen molar-refractivity contribution in [2.75, 3.05) is 0 Å². The lowest BCUT2D eigenvalue weighted by Crippen LogP contribution is -2.39. The standard InChI is InChI=1S/C9H19N3/c1-6(7(2)10)8(11)12-9(3,4)5/h10,12H,11H2,1-5H3/b8-6-,10-7?. The quantitative estimate of drug-likeness (QED) is 0.550. The summed E-state index contributed by atoms with van der Waals surface area (Å²) in [5, 5.41) is 10.5. The zero-order valence-electron chi connectivity index (χ0n) is 8.58. The van der Waals surface area contributed by atoms with Gasteiger partial charge in [0.2, 0.25) is 0 Å². The van der Waals surface area contributed by atoms with Crippen LogP contribution in [-0.2, 0) is 0 Å². The maximum absolute atomic E-state index is 7.36. The number of rotatable bonds is 2. The zero-order valence-corrected chi connectivity index (χ0v) is 8.58. The van der Waals surface area contributed by atoms with E-state index in [1.807, 2.05) is 27.7 Å². The predicted octanol–water partition coefficient (Wildman–Crippen LogP) is 1.60. The molecule has 0 aromatic heterocycles. The summed E-state index contributed by atoms with van der Waals surface area (Å²) in [4.78, 5) is 0. The molecule has 12 heavy (non-hydrogen) atoms. The van der Waals surface area contributed by atoms with Gasteiger partial charge in [0.25, 0.3) is 0 Å². The van der Waals surface area contributed by atoms with Crippen molar-refractivity contribution >= 4 is 5.71 Å². The van der Waals surface area contributed by atoms with Crippen LogP contribution in [0.2, 0.25) is 0 Å². The summed E-state index contributed by atoms with van der Waals surface area (Å²) in [6.45, 7) is 9.67. The molecule has 3 heteroatoms. The molecular formula is C9H19N3. The van der Waals surface area contributed by atoms with Gasteiger partial charge in [0.05, 0.1) is 0 Å². The molecule has 0 fully saturated rings. The number of allylic oxidation sites excluding steroid dienone is 1. The number of nitrogens with two attached hydrogens (primary N) is 1. The van der Waals surface area contributed by atoms with E-state index in [0.717, 1.165) is 5.57 Å². The maximum Gasteiger partial charge on any atom is 0.101 e. The summed E-state index contributed by atoms with van der Waals surface area (Å²) < 4.78 is 0. The molecule has 0 spiro atoms. The zero-order chi connectivity index (χ0) is 9.94. The van der Waals surface area contributed by atoms with Crippen molar-refractivity contribution in [1.82, 2.24) is 5.32 Å². The molecule has 70 valence electrons. The van der Waals surface area contributed by atoms with Gasteiger partial charge in [-0.25, -0.2) is 0 Å². The molecule has 0 atom stereocenters. The molecular weight excluding hydrogens is 150 g/mol. The number of nitrogens with one attached hydrogen (secondary N) is 2. The normalized spacial score (nSPS) is 13.8. The van der Waals surface area contributed by atoms with Crippen molar-refractivity contribution < 1.29 is 0 Å². The Kier molecular flexibility index (Phi) is 3.31. The van der Waals surface area contributed by atoms with Gasteiger partial charge in [0.1, 0.15) is 5.82 Å². The molecule has 0 saturated carbocycles. The minimum absolute atomic E-state index is 0.0409. The SMILES string of the molecule is CC(=N)/C(C)=C(/N)NC(C)(C)C. The molecule has 0 heterocycles. The van der Waals surface area contributed by atoms with Crippen LogP contribution >= 0.6 is 0 Å². The average molecular weight is 169 g/mol. The molecule has 0 unspecified atom stereocenters. The van der Waals surface area contributed by atoms with Gasteiger partial charge >= 0.3 is 0 Å². The second-order valence-electron chi connectivity index (χ2n) is 4.04. The lowest BCUT2D eigenvalue weighted by atomic mass is 10.1. The summed E-state index contributed by atoms with van der Waals surface area (Å²) in [6.07, 6.45) is 0. The largest absolute Gasteiger partial charge is 0.385 e. The van der Waals surface area contributed by atoms with Crippen molar-refractivity contribution in [2.45, 2.75) is 40.2 Å². The van der Waals surface area contributed by atoms with E-state index >= 15 is 0 Å². The molecule has 4 N–H and O–H groups in total. The minimum Gasteiger partial charge on any atom is -0.385 e. The molecule has 0 aliphatic carbocycles. The average Bonchev–Trinajstić information content (AvgIpc) is 1.82. The minimum atomic E-state index is -0.0409. The van der Waals surface area contributed by atoms with E-state index in [1.54, 1.807) is 6.92 Å². The molecule has 0 aliphatic rings. The van der Waals surface area contributed by atoms with E-state index in [2.05, 4.69) is 5.32 Å². The van der Waals surface area contributed by atoms with Gasteiger partial charge in [-0.1, -0.05) is 0 Å². The van der Waals surface area contributed by atoms with Gasteiger partial charge in [0.15, 0.2) is 0 Å². The fourth-order valence-electron chi connectivity index (χ4n) is 0.700. The Bertz CT molecular complexity index is 208.